The Morgan fingerprint density at radius 3 is 2.89 bits per heavy atom. The maximum absolute atomic E-state index is 13.1. The average molecular weight is 251 g/mol. The Kier molecular flexibility index (Phi) is 4.72. The van der Waals surface area contributed by atoms with Gasteiger partial charge in [-0.05, 0) is 36.5 Å². The van der Waals surface area contributed by atoms with Crippen molar-refractivity contribution in [1.29, 1.82) is 0 Å². The van der Waals surface area contributed by atoms with Crippen LogP contribution in [-0.4, -0.2) is 17.7 Å². The zero-order valence-electron chi connectivity index (χ0n) is 10.9. The second-order valence-electron chi connectivity index (χ2n) is 5.35. The van der Waals surface area contributed by atoms with Crippen LogP contribution in [0.4, 0.5) is 4.39 Å². The van der Waals surface area contributed by atoms with Gasteiger partial charge in [0.1, 0.15) is 5.82 Å². The van der Waals surface area contributed by atoms with Crippen molar-refractivity contribution in [2.45, 2.75) is 44.8 Å². The summed E-state index contributed by atoms with van der Waals surface area (Å²) in [5.74, 6) is 0.371. The molecule has 2 nitrogen and oxygen atoms in total. The lowest BCUT2D eigenvalue weighted by Crippen LogP contribution is -2.39. The zero-order chi connectivity index (χ0) is 13.0. The molecule has 0 aliphatic heterocycles. The van der Waals surface area contributed by atoms with Crippen LogP contribution >= 0.6 is 0 Å². The van der Waals surface area contributed by atoms with Gasteiger partial charge < -0.3 is 10.4 Å². The minimum absolute atomic E-state index is 0.294. The Bertz CT molecular complexity index is 383. The summed E-state index contributed by atoms with van der Waals surface area (Å²) in [4.78, 5) is 0. The van der Waals surface area contributed by atoms with Gasteiger partial charge in [0.25, 0.3) is 0 Å². The largest absolute Gasteiger partial charge is 0.387 e. The van der Waals surface area contributed by atoms with Gasteiger partial charge in [-0.1, -0.05) is 31.9 Å². The molecule has 3 atom stereocenters. The molecule has 0 saturated heterocycles. The Balaban J connectivity index is 1.86. The van der Waals surface area contributed by atoms with Crippen molar-refractivity contribution < 1.29 is 9.50 Å². The molecule has 1 aromatic rings. The van der Waals surface area contributed by atoms with Gasteiger partial charge in [-0.15, -0.1) is 0 Å². The summed E-state index contributed by atoms with van der Waals surface area (Å²) in [6.45, 7) is 2.75. The molecule has 0 spiro atoms. The molecule has 3 unspecified atom stereocenters. The van der Waals surface area contributed by atoms with Crippen LogP contribution in [0.2, 0.25) is 0 Å². The molecule has 0 bridgehead atoms. The van der Waals surface area contributed by atoms with E-state index >= 15 is 0 Å². The average Bonchev–Trinajstić information content (AvgIpc) is 2.37. The van der Waals surface area contributed by atoms with Crippen LogP contribution in [-0.2, 0) is 0 Å². The van der Waals surface area contributed by atoms with E-state index in [4.69, 9.17) is 0 Å². The molecule has 1 aliphatic rings. The number of benzene rings is 1. The van der Waals surface area contributed by atoms with Gasteiger partial charge in [-0.25, -0.2) is 4.39 Å². The lowest BCUT2D eigenvalue weighted by Gasteiger charge is -2.30. The molecule has 1 aromatic carbocycles. The van der Waals surface area contributed by atoms with Crippen molar-refractivity contribution in [3.8, 4) is 0 Å². The third-order valence-corrected chi connectivity index (χ3v) is 3.92. The van der Waals surface area contributed by atoms with Crippen molar-refractivity contribution in [2.75, 3.05) is 6.54 Å². The van der Waals surface area contributed by atoms with Crippen molar-refractivity contribution in [2.24, 2.45) is 5.92 Å². The summed E-state index contributed by atoms with van der Waals surface area (Å²) in [5.41, 5.74) is 0.644. The van der Waals surface area contributed by atoms with E-state index in [9.17, 15) is 9.50 Å². The summed E-state index contributed by atoms with van der Waals surface area (Å²) in [6, 6.07) is 6.68. The van der Waals surface area contributed by atoms with Gasteiger partial charge in [-0.3, -0.25) is 0 Å². The van der Waals surface area contributed by atoms with Crippen LogP contribution in [0.3, 0.4) is 0 Å². The van der Waals surface area contributed by atoms with Crippen molar-refractivity contribution in [3.63, 3.8) is 0 Å². The van der Waals surface area contributed by atoms with E-state index < -0.39 is 6.10 Å². The number of hydrogen-bond donors (Lipinski definition) is 2. The molecule has 100 valence electrons. The van der Waals surface area contributed by atoms with Gasteiger partial charge in [0.05, 0.1) is 6.10 Å². The predicted octanol–water partition coefficient (Wildman–Crippen LogP) is 3.03. The SMILES string of the molecule is CC1CCCCC1NCC(O)c1cccc(F)c1. The van der Waals surface area contributed by atoms with Crippen LogP contribution in [0.15, 0.2) is 24.3 Å². The van der Waals surface area contributed by atoms with Crippen molar-refractivity contribution >= 4 is 0 Å². The molecule has 18 heavy (non-hydrogen) atoms. The molecular weight excluding hydrogens is 229 g/mol. The van der Waals surface area contributed by atoms with E-state index in [1.165, 1.54) is 37.8 Å². The first-order valence-electron chi connectivity index (χ1n) is 6.83. The minimum atomic E-state index is -0.630. The van der Waals surface area contributed by atoms with Gasteiger partial charge in [0.15, 0.2) is 0 Å². The number of aliphatic hydroxyl groups is 1. The van der Waals surface area contributed by atoms with Crippen LogP contribution in [0.1, 0.15) is 44.3 Å². The summed E-state index contributed by atoms with van der Waals surface area (Å²) in [6.07, 6.45) is 4.38. The number of halogens is 1. The Labute approximate surface area is 108 Å². The molecule has 1 fully saturated rings. The van der Waals surface area contributed by atoms with Gasteiger partial charge in [-0.2, -0.15) is 0 Å². The number of hydrogen-bond acceptors (Lipinski definition) is 2. The van der Waals surface area contributed by atoms with E-state index in [0.717, 1.165) is 0 Å². The summed E-state index contributed by atoms with van der Waals surface area (Å²) < 4.78 is 13.1. The lowest BCUT2D eigenvalue weighted by molar-refractivity contribution is 0.157. The third-order valence-electron chi connectivity index (χ3n) is 3.92. The smallest absolute Gasteiger partial charge is 0.123 e. The Morgan fingerprint density at radius 2 is 2.17 bits per heavy atom. The molecule has 2 rings (SSSR count). The van der Waals surface area contributed by atoms with Gasteiger partial charge in [0.2, 0.25) is 0 Å². The molecule has 2 N–H and O–H groups in total. The molecule has 1 saturated carbocycles. The molecule has 0 amide bonds. The fourth-order valence-corrected chi connectivity index (χ4v) is 2.71. The summed E-state index contributed by atoms with van der Waals surface area (Å²) in [7, 11) is 0. The van der Waals surface area contributed by atoms with Crippen LogP contribution in [0.5, 0.6) is 0 Å². The van der Waals surface area contributed by atoms with Crippen LogP contribution in [0.25, 0.3) is 0 Å². The normalized spacial score (nSPS) is 25.9. The number of aliphatic hydroxyl groups excluding tert-OH is 1. The third kappa shape index (κ3) is 3.53. The van der Waals surface area contributed by atoms with Gasteiger partial charge >= 0.3 is 0 Å². The van der Waals surface area contributed by atoms with E-state index in [1.807, 2.05) is 0 Å². The first-order valence-corrected chi connectivity index (χ1v) is 6.83. The zero-order valence-corrected chi connectivity index (χ0v) is 10.9. The number of rotatable bonds is 4. The molecule has 0 heterocycles. The van der Waals surface area contributed by atoms with Crippen molar-refractivity contribution in [1.82, 2.24) is 5.32 Å². The Hall–Kier alpha value is -0.930. The molecule has 3 heteroatoms. The second kappa shape index (κ2) is 6.30. The minimum Gasteiger partial charge on any atom is -0.387 e. The quantitative estimate of drug-likeness (QED) is 0.862. The lowest BCUT2D eigenvalue weighted by atomic mass is 9.86. The first-order chi connectivity index (χ1) is 8.66. The second-order valence-corrected chi connectivity index (χ2v) is 5.35. The van der Waals surface area contributed by atoms with E-state index in [2.05, 4.69) is 12.2 Å². The molecule has 0 aromatic heterocycles. The molecule has 1 aliphatic carbocycles. The standard InChI is InChI=1S/C15H22FNO/c1-11-5-2-3-8-14(11)17-10-15(18)12-6-4-7-13(16)9-12/h4,6-7,9,11,14-15,17-18H,2-3,5,8,10H2,1H3. The summed E-state index contributed by atoms with van der Waals surface area (Å²) in [5, 5.41) is 13.4. The highest BCUT2D eigenvalue weighted by atomic mass is 19.1. The Morgan fingerprint density at radius 1 is 1.39 bits per heavy atom. The summed E-state index contributed by atoms with van der Waals surface area (Å²) >= 11 is 0. The molecular formula is C15H22FNO. The molecule has 0 radical (unpaired) electrons. The first kappa shape index (κ1) is 13.5. The van der Waals surface area contributed by atoms with Crippen LogP contribution < -0.4 is 5.32 Å². The van der Waals surface area contributed by atoms with Crippen LogP contribution in [0, 0.1) is 11.7 Å². The van der Waals surface area contributed by atoms with Crippen molar-refractivity contribution in [3.05, 3.63) is 35.6 Å². The topological polar surface area (TPSA) is 32.3 Å². The van der Waals surface area contributed by atoms with Gasteiger partial charge in [0, 0.05) is 12.6 Å². The monoisotopic (exact) mass is 251 g/mol. The predicted molar refractivity (Wildman–Crippen MR) is 70.8 cm³/mol. The maximum atomic E-state index is 13.1. The fraction of sp³-hybridized carbons (Fsp3) is 0.600. The van der Waals surface area contributed by atoms with E-state index in [1.54, 1.807) is 12.1 Å². The maximum Gasteiger partial charge on any atom is 0.123 e. The number of nitrogens with one attached hydrogen (secondary N) is 1. The van der Waals surface area contributed by atoms with E-state index in [-0.39, 0.29) is 5.82 Å². The van der Waals surface area contributed by atoms with E-state index in [0.29, 0.717) is 24.1 Å². The highest BCUT2D eigenvalue weighted by Crippen LogP contribution is 2.24. The fourth-order valence-electron chi connectivity index (χ4n) is 2.71. The highest BCUT2D eigenvalue weighted by molar-refractivity contribution is 5.19. The highest BCUT2D eigenvalue weighted by Gasteiger charge is 2.21.